The van der Waals surface area contributed by atoms with Gasteiger partial charge in [0.25, 0.3) is 0 Å². The van der Waals surface area contributed by atoms with Crippen molar-refractivity contribution in [2.45, 2.75) is 0 Å². The summed E-state index contributed by atoms with van der Waals surface area (Å²) < 4.78 is 12.3. The van der Waals surface area contributed by atoms with Gasteiger partial charge in [0.15, 0.2) is 11.2 Å². The van der Waals surface area contributed by atoms with E-state index >= 15 is 0 Å². The van der Waals surface area contributed by atoms with Gasteiger partial charge in [-0.15, -0.1) is 0 Å². The van der Waals surface area contributed by atoms with Crippen LogP contribution in [0.4, 0.5) is 0 Å². The van der Waals surface area contributed by atoms with Gasteiger partial charge in [0, 0.05) is 69.6 Å². The molecular formula is C32H18N4O2. The van der Waals surface area contributed by atoms with Crippen molar-refractivity contribution >= 4 is 44.1 Å². The Morgan fingerprint density at radius 1 is 0.500 bits per heavy atom. The topological polar surface area (TPSA) is 77.8 Å². The number of rotatable bonds is 3. The molecule has 0 bridgehead atoms. The lowest BCUT2D eigenvalue weighted by Gasteiger charge is -2.07. The molecule has 0 aliphatic heterocycles. The lowest BCUT2D eigenvalue weighted by atomic mass is 10.0. The molecule has 0 fully saturated rings. The quantitative estimate of drug-likeness (QED) is 0.249. The molecule has 0 N–H and O–H groups in total. The van der Waals surface area contributed by atoms with Crippen LogP contribution in [0.2, 0.25) is 0 Å². The Kier molecular flexibility index (Phi) is 4.42. The molecule has 0 atom stereocenters. The standard InChI is InChI=1S/C32H18N4O2/c1-3-7-27-24(5-1)29-31(37-27)22(11-13-34-29)21-15-20(16-33-17-21)19-9-10-26(36-18-19)23-12-14-35-30-25-6-2-4-8-28(25)38-32(23)30/h1-18H. The molecule has 178 valence electrons. The Bertz CT molecular complexity index is 2140. The van der Waals surface area contributed by atoms with Gasteiger partial charge in [-0.3, -0.25) is 19.9 Å². The highest BCUT2D eigenvalue weighted by molar-refractivity contribution is 6.08. The van der Waals surface area contributed by atoms with Crippen LogP contribution in [-0.2, 0) is 0 Å². The number of furan rings is 2. The second-order valence-corrected chi connectivity index (χ2v) is 9.16. The van der Waals surface area contributed by atoms with Crippen molar-refractivity contribution in [1.82, 2.24) is 19.9 Å². The minimum Gasteiger partial charge on any atom is -0.454 e. The van der Waals surface area contributed by atoms with Crippen LogP contribution >= 0.6 is 0 Å². The Labute approximate surface area is 216 Å². The van der Waals surface area contributed by atoms with Gasteiger partial charge in [-0.25, -0.2) is 0 Å². The molecule has 6 aromatic heterocycles. The second-order valence-electron chi connectivity index (χ2n) is 9.16. The van der Waals surface area contributed by atoms with Crippen LogP contribution in [0.15, 0.2) is 119 Å². The minimum absolute atomic E-state index is 0.741. The molecular weight excluding hydrogens is 472 g/mol. The fourth-order valence-corrected chi connectivity index (χ4v) is 5.11. The number of pyridine rings is 4. The largest absolute Gasteiger partial charge is 0.454 e. The first-order valence-corrected chi connectivity index (χ1v) is 12.3. The predicted octanol–water partition coefficient (Wildman–Crippen LogP) is 8.07. The van der Waals surface area contributed by atoms with E-state index in [4.69, 9.17) is 13.8 Å². The van der Waals surface area contributed by atoms with E-state index in [1.54, 1.807) is 6.20 Å². The number of aromatic nitrogens is 4. The van der Waals surface area contributed by atoms with E-state index in [0.717, 1.165) is 77.6 Å². The smallest absolute Gasteiger partial charge is 0.163 e. The van der Waals surface area contributed by atoms with Gasteiger partial charge in [0.2, 0.25) is 0 Å². The van der Waals surface area contributed by atoms with Crippen LogP contribution in [0.1, 0.15) is 0 Å². The minimum atomic E-state index is 0.741. The number of para-hydroxylation sites is 2. The molecule has 0 spiro atoms. The molecule has 0 saturated heterocycles. The number of benzene rings is 2. The highest BCUT2D eigenvalue weighted by Crippen LogP contribution is 2.36. The van der Waals surface area contributed by atoms with Crippen molar-refractivity contribution in [2.24, 2.45) is 0 Å². The summed E-state index contributed by atoms with van der Waals surface area (Å²) in [6, 6.07) is 26.0. The van der Waals surface area contributed by atoms with Gasteiger partial charge in [0.1, 0.15) is 22.2 Å². The Morgan fingerprint density at radius 2 is 1.13 bits per heavy atom. The van der Waals surface area contributed by atoms with E-state index in [9.17, 15) is 0 Å². The van der Waals surface area contributed by atoms with E-state index in [-0.39, 0.29) is 0 Å². The normalized spacial score (nSPS) is 11.7. The summed E-state index contributed by atoms with van der Waals surface area (Å²) in [6.07, 6.45) is 9.18. The highest BCUT2D eigenvalue weighted by atomic mass is 16.3. The molecule has 0 saturated carbocycles. The molecule has 2 aromatic carbocycles. The van der Waals surface area contributed by atoms with Crippen LogP contribution in [-0.4, -0.2) is 19.9 Å². The van der Waals surface area contributed by atoms with Gasteiger partial charge < -0.3 is 8.83 Å². The Hall–Kier alpha value is -5.36. The van der Waals surface area contributed by atoms with Crippen molar-refractivity contribution in [1.29, 1.82) is 0 Å². The number of fused-ring (bicyclic) bond motifs is 6. The third-order valence-electron chi connectivity index (χ3n) is 6.94. The molecule has 0 radical (unpaired) electrons. The average molecular weight is 491 g/mol. The van der Waals surface area contributed by atoms with Crippen molar-refractivity contribution in [2.75, 3.05) is 0 Å². The third kappa shape index (κ3) is 3.14. The molecule has 38 heavy (non-hydrogen) atoms. The third-order valence-corrected chi connectivity index (χ3v) is 6.94. The first-order valence-electron chi connectivity index (χ1n) is 12.3. The summed E-state index contributed by atoms with van der Waals surface area (Å²) in [5.41, 5.74) is 10.4. The van der Waals surface area contributed by atoms with E-state index in [0.29, 0.717) is 0 Å². The lowest BCUT2D eigenvalue weighted by Crippen LogP contribution is -1.89. The zero-order valence-corrected chi connectivity index (χ0v) is 20.0. The lowest BCUT2D eigenvalue weighted by molar-refractivity contribution is 0.668. The van der Waals surface area contributed by atoms with Crippen molar-refractivity contribution in [3.63, 3.8) is 0 Å². The number of hydrogen-bond donors (Lipinski definition) is 0. The summed E-state index contributed by atoms with van der Waals surface area (Å²) in [5.74, 6) is 0. The van der Waals surface area contributed by atoms with E-state index in [1.165, 1.54) is 0 Å². The van der Waals surface area contributed by atoms with Gasteiger partial charge in [-0.05, 0) is 48.5 Å². The van der Waals surface area contributed by atoms with Gasteiger partial charge in [-0.1, -0.05) is 30.3 Å². The first-order chi connectivity index (χ1) is 18.8. The maximum absolute atomic E-state index is 6.19. The molecule has 6 nitrogen and oxygen atoms in total. The van der Waals surface area contributed by atoms with Gasteiger partial charge >= 0.3 is 0 Å². The maximum Gasteiger partial charge on any atom is 0.163 e. The first kappa shape index (κ1) is 20.8. The summed E-state index contributed by atoms with van der Waals surface area (Å²) >= 11 is 0. The van der Waals surface area contributed by atoms with Crippen LogP contribution in [0.25, 0.3) is 77.6 Å². The monoisotopic (exact) mass is 490 g/mol. The summed E-state index contributed by atoms with van der Waals surface area (Å²) in [7, 11) is 0. The molecule has 8 aromatic rings. The van der Waals surface area contributed by atoms with Gasteiger partial charge in [-0.2, -0.15) is 0 Å². The van der Waals surface area contributed by atoms with Crippen LogP contribution in [0.5, 0.6) is 0 Å². The van der Waals surface area contributed by atoms with Crippen LogP contribution < -0.4 is 0 Å². The fraction of sp³-hybridized carbons (Fsp3) is 0. The molecule has 0 amide bonds. The summed E-state index contributed by atoms with van der Waals surface area (Å²) in [5, 5.41) is 2.00. The van der Waals surface area contributed by atoms with Crippen molar-refractivity contribution in [3.8, 4) is 33.5 Å². The fourth-order valence-electron chi connectivity index (χ4n) is 5.11. The Morgan fingerprint density at radius 3 is 1.82 bits per heavy atom. The van der Waals surface area contributed by atoms with E-state index in [2.05, 4.69) is 27.1 Å². The van der Waals surface area contributed by atoms with E-state index in [1.807, 2.05) is 91.5 Å². The number of hydrogen-bond acceptors (Lipinski definition) is 6. The van der Waals surface area contributed by atoms with Crippen molar-refractivity contribution in [3.05, 3.63) is 110 Å². The molecule has 6 heteroatoms. The van der Waals surface area contributed by atoms with Crippen molar-refractivity contribution < 1.29 is 8.83 Å². The SMILES string of the molecule is c1ccc2c(c1)oc1c(-c3cncc(-c4ccc(-c5ccnc6c5oc5ccccc56)nc4)c3)ccnc12. The molecule has 0 unspecified atom stereocenters. The predicted molar refractivity (Wildman–Crippen MR) is 148 cm³/mol. The second kappa shape index (κ2) is 8.08. The van der Waals surface area contributed by atoms with Crippen LogP contribution in [0, 0.1) is 0 Å². The Balaban J connectivity index is 1.20. The molecule has 0 aliphatic rings. The van der Waals surface area contributed by atoms with Gasteiger partial charge in [0.05, 0.1) is 5.69 Å². The summed E-state index contributed by atoms with van der Waals surface area (Å²) in [4.78, 5) is 18.4. The molecule has 6 heterocycles. The summed E-state index contributed by atoms with van der Waals surface area (Å²) in [6.45, 7) is 0. The average Bonchev–Trinajstić information content (AvgIpc) is 3.56. The zero-order valence-electron chi connectivity index (χ0n) is 20.0. The number of nitrogens with zero attached hydrogens (tertiary/aromatic N) is 4. The van der Waals surface area contributed by atoms with E-state index < -0.39 is 0 Å². The molecule has 8 rings (SSSR count). The highest BCUT2D eigenvalue weighted by Gasteiger charge is 2.16. The zero-order chi connectivity index (χ0) is 25.1. The maximum atomic E-state index is 6.19. The van der Waals surface area contributed by atoms with Crippen LogP contribution in [0.3, 0.4) is 0 Å². The molecule has 0 aliphatic carbocycles.